The molecule has 2 aliphatic carbocycles. The second-order valence-corrected chi connectivity index (χ2v) is 17.2. The van der Waals surface area contributed by atoms with Gasteiger partial charge in [0.05, 0.1) is 0 Å². The minimum Gasteiger partial charge on any atom is -0.456 e. The smallest absolute Gasteiger partial charge is 0.137 e. The second-order valence-electron chi connectivity index (χ2n) is 17.2. The van der Waals surface area contributed by atoms with Crippen LogP contribution in [0.5, 0.6) is 0 Å². The van der Waals surface area contributed by atoms with Gasteiger partial charge in [-0.25, -0.2) is 0 Å². The van der Waals surface area contributed by atoms with Gasteiger partial charge in [0.1, 0.15) is 11.2 Å². The molecule has 0 radical (unpaired) electrons. The van der Waals surface area contributed by atoms with Crippen LogP contribution in [0.15, 0.2) is 150 Å². The van der Waals surface area contributed by atoms with Gasteiger partial charge in [0.2, 0.25) is 0 Å². The van der Waals surface area contributed by atoms with Crippen molar-refractivity contribution in [3.05, 3.63) is 179 Å². The molecule has 0 fully saturated rings. The van der Waals surface area contributed by atoms with Crippen molar-refractivity contribution in [2.75, 3.05) is 5.32 Å². The SMILES string of the molecule is CC(C)(C)c1ccc2c(c1)C(C)(C)c1cccc(-c3cccc(CC4(C)c5ccccc5-c5ccccc54)c3Nc3ccc4c(c3)oc3ccccc34)c1-2. The summed E-state index contributed by atoms with van der Waals surface area (Å²) in [5.41, 5.74) is 19.7. The molecule has 0 amide bonds. The third kappa shape index (κ3) is 4.79. The second kappa shape index (κ2) is 11.6. The molecule has 2 nitrogen and oxygen atoms in total. The molecule has 1 N–H and O–H groups in total. The van der Waals surface area contributed by atoms with Crippen molar-refractivity contribution < 1.29 is 4.42 Å². The van der Waals surface area contributed by atoms with E-state index in [2.05, 4.69) is 180 Å². The standard InChI is InChI=1S/C52H45NO/c1-50(2,3)33-25-27-41-45(29-33)51(4,5)44-23-14-19-39(48(41)44)40-20-13-15-32(31-52(6)42-21-10-7-16-35(42)36-17-8-11-22-43(36)52)49(40)53-34-26-28-38-37-18-9-12-24-46(37)54-47(38)30-34/h7-30,53H,31H2,1-6H3. The van der Waals surface area contributed by atoms with Crippen LogP contribution in [0.2, 0.25) is 0 Å². The van der Waals surface area contributed by atoms with E-state index in [1.807, 2.05) is 12.1 Å². The molecule has 0 unspecified atom stereocenters. The number of hydrogen-bond acceptors (Lipinski definition) is 2. The molecule has 2 aliphatic rings. The summed E-state index contributed by atoms with van der Waals surface area (Å²) < 4.78 is 6.39. The fourth-order valence-corrected chi connectivity index (χ4v) is 9.66. The number of hydrogen-bond donors (Lipinski definition) is 1. The van der Waals surface area contributed by atoms with Crippen LogP contribution >= 0.6 is 0 Å². The van der Waals surface area contributed by atoms with Crippen molar-refractivity contribution in [2.24, 2.45) is 0 Å². The summed E-state index contributed by atoms with van der Waals surface area (Å²) in [4.78, 5) is 0. The number of para-hydroxylation sites is 2. The highest BCUT2D eigenvalue weighted by Gasteiger charge is 2.41. The molecule has 0 spiro atoms. The Labute approximate surface area is 318 Å². The summed E-state index contributed by atoms with van der Waals surface area (Å²) in [5, 5.41) is 6.29. The predicted molar refractivity (Wildman–Crippen MR) is 227 cm³/mol. The van der Waals surface area contributed by atoms with Gasteiger partial charge < -0.3 is 9.73 Å². The lowest BCUT2D eigenvalue weighted by Crippen LogP contribution is -2.24. The molecule has 0 aliphatic heterocycles. The maximum atomic E-state index is 6.39. The number of rotatable bonds is 5. The van der Waals surface area contributed by atoms with E-state index in [1.165, 1.54) is 66.8 Å². The van der Waals surface area contributed by atoms with E-state index in [9.17, 15) is 0 Å². The van der Waals surface area contributed by atoms with Gasteiger partial charge in [-0.3, -0.25) is 0 Å². The first-order valence-corrected chi connectivity index (χ1v) is 19.3. The minimum absolute atomic E-state index is 0.0721. The average molecular weight is 700 g/mol. The van der Waals surface area contributed by atoms with E-state index in [0.717, 1.165) is 39.7 Å². The number of fused-ring (bicyclic) bond motifs is 9. The first kappa shape index (κ1) is 32.8. The van der Waals surface area contributed by atoms with Crippen LogP contribution in [0.25, 0.3) is 55.3 Å². The summed E-state index contributed by atoms with van der Waals surface area (Å²) in [6.07, 6.45) is 0.843. The molecule has 2 heteroatoms. The lowest BCUT2D eigenvalue weighted by molar-refractivity contribution is 0.584. The van der Waals surface area contributed by atoms with Crippen molar-refractivity contribution in [1.29, 1.82) is 0 Å². The first-order chi connectivity index (χ1) is 26.0. The monoisotopic (exact) mass is 699 g/mol. The number of anilines is 2. The highest BCUT2D eigenvalue weighted by Crippen LogP contribution is 2.55. The third-order valence-corrected chi connectivity index (χ3v) is 12.5. The summed E-state index contributed by atoms with van der Waals surface area (Å²) >= 11 is 0. The molecule has 1 heterocycles. The Balaban J connectivity index is 1.18. The third-order valence-electron chi connectivity index (χ3n) is 12.5. The molecule has 0 saturated heterocycles. The van der Waals surface area contributed by atoms with Crippen LogP contribution in [0.3, 0.4) is 0 Å². The number of benzene rings is 7. The molecule has 10 rings (SSSR count). The van der Waals surface area contributed by atoms with Crippen LogP contribution in [0.1, 0.15) is 74.9 Å². The van der Waals surface area contributed by atoms with Gasteiger partial charge >= 0.3 is 0 Å². The highest BCUT2D eigenvalue weighted by atomic mass is 16.3. The molecule has 0 atom stereocenters. The zero-order chi connectivity index (χ0) is 37.0. The fourth-order valence-electron chi connectivity index (χ4n) is 9.66. The van der Waals surface area contributed by atoms with Crippen LogP contribution in [-0.2, 0) is 22.7 Å². The Hall–Kier alpha value is -5.86. The van der Waals surface area contributed by atoms with Gasteiger partial charge in [-0.05, 0) is 91.2 Å². The van der Waals surface area contributed by atoms with Gasteiger partial charge in [-0.2, -0.15) is 0 Å². The highest BCUT2D eigenvalue weighted by molar-refractivity contribution is 6.06. The van der Waals surface area contributed by atoms with E-state index in [1.54, 1.807) is 0 Å². The summed E-state index contributed by atoms with van der Waals surface area (Å²) in [6, 6.07) is 53.9. The molecule has 54 heavy (non-hydrogen) atoms. The topological polar surface area (TPSA) is 25.2 Å². The molecule has 0 bridgehead atoms. The van der Waals surface area contributed by atoms with Crippen molar-refractivity contribution >= 4 is 33.3 Å². The van der Waals surface area contributed by atoms with Crippen molar-refractivity contribution in [3.8, 4) is 33.4 Å². The predicted octanol–water partition coefficient (Wildman–Crippen LogP) is 14.1. The van der Waals surface area contributed by atoms with E-state index in [-0.39, 0.29) is 16.2 Å². The van der Waals surface area contributed by atoms with Crippen molar-refractivity contribution in [2.45, 2.75) is 64.2 Å². The number of furan rings is 1. The van der Waals surface area contributed by atoms with Gasteiger partial charge in [-0.15, -0.1) is 0 Å². The van der Waals surface area contributed by atoms with E-state index < -0.39 is 0 Å². The van der Waals surface area contributed by atoms with Crippen molar-refractivity contribution in [1.82, 2.24) is 0 Å². The maximum Gasteiger partial charge on any atom is 0.137 e. The molecule has 7 aromatic carbocycles. The van der Waals surface area contributed by atoms with E-state index in [0.29, 0.717) is 0 Å². The Bertz CT molecular complexity index is 2760. The first-order valence-electron chi connectivity index (χ1n) is 19.3. The Morgan fingerprint density at radius 1 is 0.519 bits per heavy atom. The lowest BCUT2D eigenvalue weighted by Gasteiger charge is -2.30. The summed E-state index contributed by atoms with van der Waals surface area (Å²) in [7, 11) is 0. The van der Waals surface area contributed by atoms with E-state index in [4.69, 9.17) is 4.42 Å². The number of nitrogens with one attached hydrogen (secondary N) is 1. The average Bonchev–Trinajstić information content (AvgIpc) is 3.75. The van der Waals surface area contributed by atoms with Gasteiger partial charge in [0.25, 0.3) is 0 Å². The van der Waals surface area contributed by atoms with Gasteiger partial charge in [0, 0.05) is 44.6 Å². The zero-order valence-electron chi connectivity index (χ0n) is 32.0. The van der Waals surface area contributed by atoms with Crippen LogP contribution < -0.4 is 5.32 Å². The van der Waals surface area contributed by atoms with Crippen LogP contribution in [0.4, 0.5) is 11.4 Å². The summed E-state index contributed by atoms with van der Waals surface area (Å²) in [6.45, 7) is 14.1. The minimum atomic E-state index is -0.207. The molecule has 8 aromatic rings. The van der Waals surface area contributed by atoms with Crippen LogP contribution in [0, 0.1) is 0 Å². The molecular formula is C52H45NO. The van der Waals surface area contributed by atoms with Crippen LogP contribution in [-0.4, -0.2) is 0 Å². The largest absolute Gasteiger partial charge is 0.456 e. The molecular weight excluding hydrogens is 655 g/mol. The molecule has 264 valence electrons. The van der Waals surface area contributed by atoms with Crippen molar-refractivity contribution in [3.63, 3.8) is 0 Å². The fraction of sp³-hybridized carbons (Fsp3) is 0.192. The van der Waals surface area contributed by atoms with Gasteiger partial charge in [0.15, 0.2) is 0 Å². The zero-order valence-corrected chi connectivity index (χ0v) is 32.0. The molecule has 0 saturated carbocycles. The quantitative estimate of drug-likeness (QED) is 0.193. The Morgan fingerprint density at radius 2 is 1.15 bits per heavy atom. The molecule has 1 aromatic heterocycles. The Kier molecular flexibility index (Phi) is 7.02. The lowest BCUT2D eigenvalue weighted by atomic mass is 9.74. The van der Waals surface area contributed by atoms with E-state index >= 15 is 0 Å². The normalized spacial score (nSPS) is 14.9. The summed E-state index contributed by atoms with van der Waals surface area (Å²) in [5.74, 6) is 0. The maximum absolute atomic E-state index is 6.39. The Morgan fingerprint density at radius 3 is 1.91 bits per heavy atom. The van der Waals surface area contributed by atoms with Gasteiger partial charge in [-0.1, -0.05) is 163 Å².